The maximum atomic E-state index is 12.9. The van der Waals surface area contributed by atoms with E-state index in [2.05, 4.69) is 23.8 Å². The summed E-state index contributed by atoms with van der Waals surface area (Å²) >= 11 is 0. The van der Waals surface area contributed by atoms with E-state index in [4.69, 9.17) is 5.73 Å². The van der Waals surface area contributed by atoms with Gasteiger partial charge in [-0.25, -0.2) is 4.99 Å². The summed E-state index contributed by atoms with van der Waals surface area (Å²) in [5.74, 6) is 1.27. The number of nitrogens with zero attached hydrogens (tertiary/aromatic N) is 2. The van der Waals surface area contributed by atoms with E-state index in [1.807, 2.05) is 6.08 Å². The molecule has 2 rings (SSSR count). The number of hydrogen-bond acceptors (Lipinski definition) is 4. The highest BCUT2D eigenvalue weighted by Gasteiger charge is 2.45. The zero-order valence-electron chi connectivity index (χ0n) is 17.5. The zero-order chi connectivity index (χ0) is 19.7. The number of unbranched alkanes of at least 4 members (excludes halogenated alkanes) is 2. The normalized spacial score (nSPS) is 24.9. The molecule has 1 amide bonds. The van der Waals surface area contributed by atoms with Crippen LogP contribution in [0.15, 0.2) is 17.6 Å². The average molecular weight is 377 g/mol. The third kappa shape index (κ3) is 6.34. The van der Waals surface area contributed by atoms with Crippen LogP contribution in [0.25, 0.3) is 0 Å². The summed E-state index contributed by atoms with van der Waals surface area (Å²) in [5.41, 5.74) is 5.41. The fourth-order valence-corrected chi connectivity index (χ4v) is 4.56. The van der Waals surface area contributed by atoms with E-state index >= 15 is 0 Å². The zero-order valence-corrected chi connectivity index (χ0v) is 17.5. The molecular formula is C22H40N4O. The SMILES string of the molecule is C=CCN[C@@H](C)CCCCC[C@@]1(CCC2CCCCC2)N=C(N)N(C)C1=O. The molecule has 2 atom stereocenters. The quantitative estimate of drug-likeness (QED) is 0.400. The summed E-state index contributed by atoms with van der Waals surface area (Å²) < 4.78 is 0. The summed E-state index contributed by atoms with van der Waals surface area (Å²) in [6, 6.07) is 0.510. The first-order valence-corrected chi connectivity index (χ1v) is 11.0. The molecule has 0 saturated heterocycles. The molecule has 0 bridgehead atoms. The van der Waals surface area contributed by atoms with Crippen molar-refractivity contribution in [1.82, 2.24) is 10.2 Å². The maximum Gasteiger partial charge on any atom is 0.257 e. The monoisotopic (exact) mass is 376 g/mol. The van der Waals surface area contributed by atoms with Gasteiger partial charge in [-0.1, -0.05) is 57.4 Å². The smallest absolute Gasteiger partial charge is 0.257 e. The molecule has 0 spiro atoms. The summed E-state index contributed by atoms with van der Waals surface area (Å²) in [7, 11) is 1.76. The van der Waals surface area contributed by atoms with E-state index in [-0.39, 0.29) is 5.91 Å². The molecule has 0 aromatic heterocycles. The van der Waals surface area contributed by atoms with Crippen LogP contribution in [0.5, 0.6) is 0 Å². The van der Waals surface area contributed by atoms with Crippen molar-refractivity contribution in [2.24, 2.45) is 16.6 Å². The van der Waals surface area contributed by atoms with Gasteiger partial charge in [0.1, 0.15) is 5.54 Å². The largest absolute Gasteiger partial charge is 0.369 e. The molecule has 5 heteroatoms. The van der Waals surface area contributed by atoms with Crippen LogP contribution >= 0.6 is 0 Å². The van der Waals surface area contributed by atoms with Crippen molar-refractivity contribution in [3.8, 4) is 0 Å². The number of nitrogens with two attached hydrogens (primary N) is 1. The van der Waals surface area contributed by atoms with Crippen molar-refractivity contribution in [3.05, 3.63) is 12.7 Å². The summed E-state index contributed by atoms with van der Waals surface area (Å²) in [6.45, 7) is 6.82. The van der Waals surface area contributed by atoms with Crippen LogP contribution in [0.2, 0.25) is 0 Å². The van der Waals surface area contributed by atoms with Crippen LogP contribution in [0, 0.1) is 5.92 Å². The topological polar surface area (TPSA) is 70.7 Å². The minimum absolute atomic E-state index is 0.108. The van der Waals surface area contributed by atoms with Crippen molar-refractivity contribution in [1.29, 1.82) is 0 Å². The molecule has 1 aliphatic heterocycles. The van der Waals surface area contributed by atoms with Gasteiger partial charge in [0.25, 0.3) is 5.91 Å². The molecule has 3 N–H and O–H groups in total. The first kappa shape index (κ1) is 21.9. The van der Waals surface area contributed by atoms with E-state index in [9.17, 15) is 4.79 Å². The second-order valence-electron chi connectivity index (χ2n) is 8.61. The fourth-order valence-electron chi connectivity index (χ4n) is 4.56. The number of likely N-dealkylation sites (N-methyl/N-ethyl adjacent to an activating group) is 1. The minimum Gasteiger partial charge on any atom is -0.369 e. The van der Waals surface area contributed by atoms with E-state index in [0.29, 0.717) is 12.0 Å². The Morgan fingerprint density at radius 3 is 2.67 bits per heavy atom. The summed E-state index contributed by atoms with van der Waals surface area (Å²) in [5, 5.41) is 3.43. The molecule has 5 nitrogen and oxygen atoms in total. The highest BCUT2D eigenvalue weighted by Crippen LogP contribution is 2.36. The van der Waals surface area contributed by atoms with Crippen LogP contribution in [0.4, 0.5) is 0 Å². The first-order chi connectivity index (χ1) is 13.0. The Morgan fingerprint density at radius 2 is 2.04 bits per heavy atom. The van der Waals surface area contributed by atoms with Gasteiger partial charge in [0.15, 0.2) is 5.96 Å². The number of guanidine groups is 1. The Morgan fingerprint density at radius 1 is 1.30 bits per heavy atom. The van der Waals surface area contributed by atoms with Crippen LogP contribution < -0.4 is 11.1 Å². The molecule has 27 heavy (non-hydrogen) atoms. The standard InChI is InChI=1S/C22H40N4O/c1-4-17-24-18(2)11-7-6-10-15-22(20(27)26(3)21(23)25-22)16-14-19-12-8-5-9-13-19/h4,18-19,24H,1,5-17H2,2-3H3,(H2,23,25)/t18-,22-/m0/s1. The molecule has 0 aromatic rings. The van der Waals surface area contributed by atoms with E-state index in [1.165, 1.54) is 38.5 Å². The highest BCUT2D eigenvalue weighted by atomic mass is 16.2. The van der Waals surface area contributed by atoms with Crippen LogP contribution in [-0.4, -0.2) is 41.9 Å². The van der Waals surface area contributed by atoms with Gasteiger partial charge in [-0.15, -0.1) is 6.58 Å². The lowest BCUT2D eigenvalue weighted by atomic mass is 9.80. The van der Waals surface area contributed by atoms with E-state index < -0.39 is 5.54 Å². The molecule has 154 valence electrons. The first-order valence-electron chi connectivity index (χ1n) is 11.0. The molecule has 1 heterocycles. The third-order valence-corrected chi connectivity index (χ3v) is 6.40. The number of carbonyl (C=O) groups is 1. The molecule has 1 fully saturated rings. The number of rotatable bonds is 12. The molecule has 1 aliphatic carbocycles. The second-order valence-corrected chi connectivity index (χ2v) is 8.61. The van der Waals surface area contributed by atoms with E-state index in [0.717, 1.165) is 51.0 Å². The predicted molar refractivity (Wildman–Crippen MR) is 114 cm³/mol. The third-order valence-electron chi connectivity index (χ3n) is 6.40. The lowest BCUT2D eigenvalue weighted by molar-refractivity contribution is -0.131. The Balaban J connectivity index is 1.82. The summed E-state index contributed by atoms with van der Waals surface area (Å²) in [6.07, 6.45) is 15.9. The summed E-state index contributed by atoms with van der Waals surface area (Å²) in [4.78, 5) is 19.2. The molecular weight excluding hydrogens is 336 g/mol. The van der Waals surface area contributed by atoms with E-state index in [1.54, 1.807) is 11.9 Å². The van der Waals surface area contributed by atoms with Gasteiger partial charge in [-0.05, 0) is 38.5 Å². The number of aliphatic imine (C=N–C) groups is 1. The number of hydrogen-bond donors (Lipinski definition) is 2. The molecule has 0 unspecified atom stereocenters. The Kier molecular flexibility index (Phi) is 8.81. The number of nitrogens with one attached hydrogen (secondary N) is 1. The maximum absolute atomic E-state index is 12.9. The van der Waals surface area contributed by atoms with Crippen molar-refractivity contribution >= 4 is 11.9 Å². The lowest BCUT2D eigenvalue weighted by Gasteiger charge is -2.28. The van der Waals surface area contributed by atoms with Gasteiger partial charge in [-0.3, -0.25) is 9.69 Å². The van der Waals surface area contributed by atoms with Gasteiger partial charge in [0.05, 0.1) is 0 Å². The van der Waals surface area contributed by atoms with Gasteiger partial charge >= 0.3 is 0 Å². The molecule has 0 radical (unpaired) electrons. The van der Waals surface area contributed by atoms with Crippen molar-refractivity contribution < 1.29 is 4.79 Å². The average Bonchev–Trinajstić information content (AvgIpc) is 2.89. The minimum atomic E-state index is -0.594. The number of carbonyl (C=O) groups excluding carboxylic acids is 1. The van der Waals surface area contributed by atoms with Gasteiger partial charge in [-0.2, -0.15) is 0 Å². The van der Waals surface area contributed by atoms with Gasteiger partial charge in [0, 0.05) is 19.6 Å². The number of amides is 1. The van der Waals surface area contributed by atoms with Crippen molar-refractivity contribution in [2.75, 3.05) is 13.6 Å². The van der Waals surface area contributed by atoms with Crippen LogP contribution in [-0.2, 0) is 4.79 Å². The molecule has 1 saturated carbocycles. The highest BCUT2D eigenvalue weighted by molar-refractivity contribution is 6.06. The van der Waals surface area contributed by atoms with Gasteiger partial charge in [0.2, 0.25) is 0 Å². The fraction of sp³-hybridized carbons (Fsp3) is 0.818. The Bertz CT molecular complexity index is 512. The van der Waals surface area contributed by atoms with Crippen LogP contribution in [0.1, 0.15) is 84.0 Å². The molecule has 2 aliphatic rings. The predicted octanol–water partition coefficient (Wildman–Crippen LogP) is 3.99. The van der Waals surface area contributed by atoms with Crippen LogP contribution in [0.3, 0.4) is 0 Å². The van der Waals surface area contributed by atoms with Crippen molar-refractivity contribution in [3.63, 3.8) is 0 Å². The Labute approximate surface area is 165 Å². The van der Waals surface area contributed by atoms with Gasteiger partial charge < -0.3 is 11.1 Å². The second kappa shape index (κ2) is 10.8. The molecule has 0 aromatic carbocycles. The van der Waals surface area contributed by atoms with Crippen molar-refractivity contribution in [2.45, 2.75) is 95.6 Å². The Hall–Kier alpha value is -1.36. The lowest BCUT2D eigenvalue weighted by Crippen LogP contribution is -2.42.